The highest BCUT2D eigenvalue weighted by molar-refractivity contribution is 5.79. The van der Waals surface area contributed by atoms with Crippen LogP contribution in [0, 0.1) is 0 Å². The Labute approximate surface area is 62.3 Å². The summed E-state index contributed by atoms with van der Waals surface area (Å²) in [6.45, 7) is 6.24. The van der Waals surface area contributed by atoms with E-state index < -0.39 is 0 Å². The number of rotatable bonds is 0. The highest BCUT2D eigenvalue weighted by atomic mass is 15.7. The van der Waals surface area contributed by atoms with E-state index in [0.29, 0.717) is 0 Å². The van der Waals surface area contributed by atoms with Gasteiger partial charge in [0.15, 0.2) is 0 Å². The number of hydrogen-bond donors (Lipinski definition) is 1. The molecule has 58 valence electrons. The lowest BCUT2D eigenvalue weighted by molar-refractivity contribution is -0.962. The molecular weight excluding hydrogens is 126 g/mol. The molecule has 1 N–H and O–H groups in total. The Bertz CT molecular complexity index is 179. The number of quaternary nitrogens is 1. The average Bonchev–Trinajstić information content (AvgIpc) is 1.73. The first-order chi connectivity index (χ1) is 4.35. The molecule has 0 aliphatic carbocycles. The molecule has 0 aromatic heterocycles. The van der Waals surface area contributed by atoms with Crippen molar-refractivity contribution in [3.05, 3.63) is 0 Å². The molecule has 0 radical (unpaired) electrons. The van der Waals surface area contributed by atoms with Crippen LogP contribution in [0.3, 0.4) is 0 Å². The van der Waals surface area contributed by atoms with Gasteiger partial charge in [-0.15, -0.1) is 0 Å². The Balaban J connectivity index is 2.92. The lowest BCUT2D eigenvalue weighted by Gasteiger charge is -2.34. The van der Waals surface area contributed by atoms with Crippen molar-refractivity contribution < 1.29 is 4.59 Å². The van der Waals surface area contributed by atoms with Crippen molar-refractivity contribution in [2.75, 3.05) is 14.1 Å². The second-order valence-corrected chi connectivity index (χ2v) is 3.76. The number of hydrogen-bond acceptors (Lipinski definition) is 2. The van der Waals surface area contributed by atoms with E-state index in [1.54, 1.807) is 0 Å². The van der Waals surface area contributed by atoms with Crippen LogP contribution in [0.4, 0.5) is 0 Å². The number of nitrogens with zero attached hydrogens (tertiary/aromatic N) is 2. The second-order valence-electron chi connectivity index (χ2n) is 3.76. The van der Waals surface area contributed by atoms with Crippen LogP contribution in [-0.4, -0.2) is 30.2 Å². The van der Waals surface area contributed by atoms with Crippen molar-refractivity contribution in [2.45, 2.75) is 26.4 Å². The first-order valence-corrected chi connectivity index (χ1v) is 3.54. The van der Waals surface area contributed by atoms with Crippen molar-refractivity contribution in [1.29, 1.82) is 0 Å². The maximum absolute atomic E-state index is 4.45. The van der Waals surface area contributed by atoms with Crippen LogP contribution in [0.5, 0.6) is 0 Å². The normalized spacial score (nSPS) is 27.5. The van der Waals surface area contributed by atoms with Crippen LogP contribution < -0.4 is 5.43 Å². The minimum absolute atomic E-state index is 0.0237. The summed E-state index contributed by atoms with van der Waals surface area (Å²) in [6.07, 6.45) is 0. The van der Waals surface area contributed by atoms with Gasteiger partial charge in [-0.05, 0) is 6.92 Å². The zero-order valence-corrected chi connectivity index (χ0v) is 7.39. The van der Waals surface area contributed by atoms with Crippen molar-refractivity contribution in [1.82, 2.24) is 5.43 Å². The summed E-state index contributed by atoms with van der Waals surface area (Å²) in [5.41, 5.74) is 3.25. The summed E-state index contributed by atoms with van der Waals surface area (Å²) in [5, 5.41) is 0. The first kappa shape index (κ1) is 7.54. The second kappa shape index (κ2) is 1.72. The number of aliphatic imine (C=N–C) groups is 1. The van der Waals surface area contributed by atoms with Gasteiger partial charge >= 0.3 is 0 Å². The third-order valence-corrected chi connectivity index (χ3v) is 2.25. The quantitative estimate of drug-likeness (QED) is 0.495. The van der Waals surface area contributed by atoms with Gasteiger partial charge in [0.2, 0.25) is 5.66 Å². The molecule has 0 saturated carbocycles. The third kappa shape index (κ3) is 0.904. The largest absolute Gasteiger partial charge is 0.221 e. The molecule has 1 rings (SSSR count). The number of nitrogens with one attached hydrogen (secondary N) is 1. The predicted octanol–water partition coefficient (Wildman–Crippen LogP) is 0.735. The van der Waals surface area contributed by atoms with Gasteiger partial charge in [-0.2, -0.15) is 0 Å². The third-order valence-electron chi connectivity index (χ3n) is 2.25. The molecule has 0 unspecified atom stereocenters. The fourth-order valence-corrected chi connectivity index (χ4v) is 1.10. The van der Waals surface area contributed by atoms with Crippen LogP contribution in [0.2, 0.25) is 0 Å². The van der Waals surface area contributed by atoms with Crippen molar-refractivity contribution in [3.63, 3.8) is 0 Å². The van der Waals surface area contributed by atoms with Gasteiger partial charge in [0.05, 0.1) is 14.1 Å². The maximum atomic E-state index is 4.45. The summed E-state index contributed by atoms with van der Waals surface area (Å²) in [4.78, 5) is 4.45. The van der Waals surface area contributed by atoms with E-state index >= 15 is 0 Å². The van der Waals surface area contributed by atoms with E-state index in [2.05, 4.69) is 38.4 Å². The molecule has 1 aliphatic heterocycles. The summed E-state index contributed by atoms with van der Waals surface area (Å²) in [5.74, 6) is 1.02. The smallest absolute Gasteiger partial charge is 0.210 e. The minimum atomic E-state index is -0.0237. The molecule has 0 saturated heterocycles. The van der Waals surface area contributed by atoms with Crippen LogP contribution >= 0.6 is 0 Å². The van der Waals surface area contributed by atoms with E-state index in [9.17, 15) is 0 Å². The molecule has 3 nitrogen and oxygen atoms in total. The lowest BCUT2D eigenvalue weighted by Crippen LogP contribution is -2.58. The van der Waals surface area contributed by atoms with Crippen LogP contribution in [0.15, 0.2) is 4.99 Å². The standard InChI is InChI=1S/C7H16N3/c1-6-8-7(2,3)10(4,5)9-6/h1-5H3,(H,8,9)/q+1. The Morgan fingerprint density at radius 2 is 1.90 bits per heavy atom. The van der Waals surface area contributed by atoms with Gasteiger partial charge in [-0.1, -0.05) is 0 Å². The topological polar surface area (TPSA) is 24.4 Å². The van der Waals surface area contributed by atoms with Gasteiger partial charge in [0.1, 0.15) is 5.84 Å². The predicted molar refractivity (Wildman–Crippen MR) is 42.4 cm³/mol. The first-order valence-electron chi connectivity index (χ1n) is 3.54. The fourth-order valence-electron chi connectivity index (χ4n) is 1.10. The van der Waals surface area contributed by atoms with Gasteiger partial charge in [0.25, 0.3) is 0 Å². The monoisotopic (exact) mass is 142 g/mol. The fraction of sp³-hybridized carbons (Fsp3) is 0.857. The molecule has 0 aromatic carbocycles. The molecule has 1 heterocycles. The summed E-state index contributed by atoms with van der Waals surface area (Å²) >= 11 is 0. The van der Waals surface area contributed by atoms with E-state index in [1.165, 1.54) is 0 Å². The highest BCUT2D eigenvalue weighted by Crippen LogP contribution is 2.23. The SMILES string of the molecule is CC1=NC(C)(C)[N+](C)(C)N1. The number of amidine groups is 1. The Kier molecular flexibility index (Phi) is 1.30. The average molecular weight is 142 g/mol. The molecule has 0 amide bonds. The van der Waals surface area contributed by atoms with Crippen molar-refractivity contribution in [3.8, 4) is 0 Å². The lowest BCUT2D eigenvalue weighted by atomic mass is 10.2. The van der Waals surface area contributed by atoms with Crippen LogP contribution in [-0.2, 0) is 0 Å². The zero-order chi connectivity index (χ0) is 7.99. The van der Waals surface area contributed by atoms with E-state index in [1.807, 2.05) is 6.92 Å². The zero-order valence-electron chi connectivity index (χ0n) is 7.39. The van der Waals surface area contributed by atoms with E-state index in [4.69, 9.17) is 0 Å². The molecule has 3 heteroatoms. The molecule has 0 aromatic rings. The van der Waals surface area contributed by atoms with Crippen LogP contribution in [0.25, 0.3) is 0 Å². The van der Waals surface area contributed by atoms with Gasteiger partial charge in [0, 0.05) is 13.8 Å². The van der Waals surface area contributed by atoms with Crippen molar-refractivity contribution in [2.24, 2.45) is 4.99 Å². The van der Waals surface area contributed by atoms with Gasteiger partial charge in [-0.3, -0.25) is 0 Å². The minimum Gasteiger partial charge on any atom is -0.221 e. The summed E-state index contributed by atoms with van der Waals surface area (Å²) in [7, 11) is 4.22. The Morgan fingerprint density at radius 3 is 2.00 bits per heavy atom. The Hall–Kier alpha value is -0.570. The van der Waals surface area contributed by atoms with E-state index in [0.717, 1.165) is 10.4 Å². The van der Waals surface area contributed by atoms with Gasteiger partial charge < -0.3 is 0 Å². The molecular formula is C7H16N3+. The molecule has 0 atom stereocenters. The van der Waals surface area contributed by atoms with E-state index in [-0.39, 0.29) is 5.66 Å². The van der Waals surface area contributed by atoms with Crippen LogP contribution in [0.1, 0.15) is 20.8 Å². The molecule has 0 bridgehead atoms. The molecule has 1 aliphatic rings. The molecule has 0 fully saturated rings. The highest BCUT2D eigenvalue weighted by Gasteiger charge is 2.42. The Morgan fingerprint density at radius 1 is 1.40 bits per heavy atom. The van der Waals surface area contributed by atoms with Gasteiger partial charge in [-0.25, -0.2) is 15.0 Å². The molecule has 10 heavy (non-hydrogen) atoms. The summed E-state index contributed by atoms with van der Waals surface area (Å²) in [6, 6.07) is 0. The maximum Gasteiger partial charge on any atom is 0.210 e. The molecule has 0 spiro atoms. The van der Waals surface area contributed by atoms with Crippen molar-refractivity contribution >= 4 is 5.84 Å². The summed E-state index contributed by atoms with van der Waals surface area (Å²) < 4.78 is 0.735.